The zero-order chi connectivity index (χ0) is 30.3. The van der Waals surface area contributed by atoms with Crippen molar-refractivity contribution in [1.29, 1.82) is 0 Å². The van der Waals surface area contributed by atoms with Crippen molar-refractivity contribution in [2.75, 3.05) is 26.6 Å². The van der Waals surface area contributed by atoms with Gasteiger partial charge in [-0.05, 0) is 59.7 Å². The van der Waals surface area contributed by atoms with Crippen molar-refractivity contribution in [3.05, 3.63) is 108 Å². The van der Waals surface area contributed by atoms with Gasteiger partial charge in [-0.25, -0.2) is 9.07 Å². The molecule has 0 bridgehead atoms. The molecule has 43 heavy (non-hydrogen) atoms. The van der Waals surface area contributed by atoms with E-state index in [4.69, 9.17) is 14.2 Å². The van der Waals surface area contributed by atoms with E-state index >= 15 is 0 Å². The van der Waals surface area contributed by atoms with Crippen LogP contribution in [0.4, 0.5) is 10.1 Å². The van der Waals surface area contributed by atoms with Gasteiger partial charge < -0.3 is 24.4 Å². The molecule has 1 heterocycles. The van der Waals surface area contributed by atoms with Crippen LogP contribution in [-0.2, 0) is 22.7 Å². The second-order valence-electron chi connectivity index (χ2n) is 9.62. The lowest BCUT2D eigenvalue weighted by Crippen LogP contribution is -2.42. The van der Waals surface area contributed by atoms with Gasteiger partial charge in [0.1, 0.15) is 41.2 Å². The molecule has 0 spiro atoms. The lowest BCUT2D eigenvalue weighted by molar-refractivity contribution is -0.140. The summed E-state index contributed by atoms with van der Waals surface area (Å²) in [6.45, 7) is -0.177. The molecule has 0 saturated carbocycles. The smallest absolute Gasteiger partial charge is 0.251 e. The number of carbonyl (C=O) groups excluding carboxylic acids is 2. The summed E-state index contributed by atoms with van der Waals surface area (Å²) in [5, 5.41) is 11.2. The molecule has 0 saturated heterocycles. The molecule has 0 radical (unpaired) electrons. The molecular formula is C32H30FN5O5. The monoisotopic (exact) mass is 583 g/mol. The number of nitrogens with zero attached hydrogens (tertiary/aromatic N) is 4. The molecule has 1 aromatic heterocycles. The number of fused-ring (bicyclic) bond motifs is 1. The Morgan fingerprint density at radius 3 is 2.28 bits per heavy atom. The zero-order valence-corrected chi connectivity index (χ0v) is 23.9. The van der Waals surface area contributed by atoms with Gasteiger partial charge in [0.25, 0.3) is 5.91 Å². The maximum atomic E-state index is 14.2. The molecule has 220 valence electrons. The highest BCUT2D eigenvalue weighted by Gasteiger charge is 2.33. The van der Waals surface area contributed by atoms with Gasteiger partial charge in [0.15, 0.2) is 0 Å². The topological polar surface area (TPSA) is 108 Å². The molecule has 2 amide bonds. The predicted octanol–water partition coefficient (Wildman–Crippen LogP) is 5.01. The number of ether oxygens (including phenoxy) is 3. The van der Waals surface area contributed by atoms with Crippen LogP contribution in [0.1, 0.15) is 17.2 Å². The van der Waals surface area contributed by atoms with E-state index in [1.165, 1.54) is 35.9 Å². The number of hydrogen-bond donors (Lipinski definition) is 1. The van der Waals surface area contributed by atoms with Crippen molar-refractivity contribution in [3.63, 3.8) is 0 Å². The highest BCUT2D eigenvalue weighted by molar-refractivity contribution is 5.99. The normalized spacial score (nSPS) is 11.5. The number of anilines is 1. The molecule has 0 aliphatic rings. The minimum Gasteiger partial charge on any atom is -0.497 e. The second-order valence-corrected chi connectivity index (χ2v) is 9.62. The Labute approximate surface area is 247 Å². The average molecular weight is 584 g/mol. The fraction of sp³-hybridized carbons (Fsp3) is 0.188. The number of nitrogens with one attached hydrogen (secondary N) is 1. The van der Waals surface area contributed by atoms with Crippen molar-refractivity contribution < 1.29 is 28.2 Å². The number of para-hydroxylation sites is 1. The zero-order valence-electron chi connectivity index (χ0n) is 23.9. The van der Waals surface area contributed by atoms with E-state index in [1.807, 2.05) is 18.2 Å². The second kappa shape index (κ2) is 13.0. The van der Waals surface area contributed by atoms with Gasteiger partial charge in [0.2, 0.25) is 5.91 Å². The van der Waals surface area contributed by atoms with E-state index in [0.29, 0.717) is 45.1 Å². The van der Waals surface area contributed by atoms with Gasteiger partial charge in [-0.1, -0.05) is 41.6 Å². The van der Waals surface area contributed by atoms with Crippen LogP contribution in [0.2, 0.25) is 0 Å². The third-order valence-corrected chi connectivity index (χ3v) is 6.95. The fourth-order valence-electron chi connectivity index (χ4n) is 4.72. The first kappa shape index (κ1) is 29.1. The van der Waals surface area contributed by atoms with Crippen LogP contribution in [0.15, 0.2) is 91.0 Å². The average Bonchev–Trinajstić information content (AvgIpc) is 3.44. The molecule has 0 aliphatic carbocycles. The minimum absolute atomic E-state index is 0.00953. The van der Waals surface area contributed by atoms with Crippen LogP contribution in [0.5, 0.6) is 17.2 Å². The molecule has 10 nitrogen and oxygen atoms in total. The Kier molecular flexibility index (Phi) is 8.80. The first-order valence-corrected chi connectivity index (χ1v) is 13.4. The molecule has 0 aliphatic heterocycles. The third-order valence-electron chi connectivity index (χ3n) is 6.95. The lowest BCUT2D eigenvalue weighted by atomic mass is 10.0. The number of hydrogen-bond acceptors (Lipinski definition) is 7. The molecule has 1 unspecified atom stereocenters. The quantitative estimate of drug-likeness (QED) is 0.233. The predicted molar refractivity (Wildman–Crippen MR) is 158 cm³/mol. The number of amides is 2. The Balaban J connectivity index is 1.57. The Morgan fingerprint density at radius 1 is 0.884 bits per heavy atom. The first-order valence-electron chi connectivity index (χ1n) is 13.4. The van der Waals surface area contributed by atoms with E-state index in [-0.39, 0.29) is 13.1 Å². The summed E-state index contributed by atoms with van der Waals surface area (Å²) in [4.78, 5) is 29.8. The summed E-state index contributed by atoms with van der Waals surface area (Å²) >= 11 is 0. The van der Waals surface area contributed by atoms with Crippen LogP contribution in [0.25, 0.3) is 11.0 Å². The van der Waals surface area contributed by atoms with Crippen LogP contribution in [0, 0.1) is 5.82 Å². The number of benzene rings is 4. The standard InChI is InChI=1S/C32H30FN5O5/c1-41-24-14-10-22(11-15-24)31(32(40)34-27-17-16-25(42-2)18-29(27)43-3)37(19-21-8-12-23(33)13-9-21)30(39)20-38-28-7-5-4-6-26(28)35-36-38/h4-18,31H,19-20H2,1-3H3,(H,34,40). The molecule has 11 heteroatoms. The molecule has 1 atom stereocenters. The van der Waals surface area contributed by atoms with Crippen LogP contribution < -0.4 is 19.5 Å². The Morgan fingerprint density at radius 2 is 1.58 bits per heavy atom. The third kappa shape index (κ3) is 6.56. The maximum absolute atomic E-state index is 14.2. The minimum atomic E-state index is -1.11. The maximum Gasteiger partial charge on any atom is 0.251 e. The molecule has 5 aromatic rings. The van der Waals surface area contributed by atoms with Crippen molar-refractivity contribution in [2.24, 2.45) is 0 Å². The van der Waals surface area contributed by atoms with Gasteiger partial charge in [0, 0.05) is 12.6 Å². The summed E-state index contributed by atoms with van der Waals surface area (Å²) in [5.41, 5.74) is 2.86. The van der Waals surface area contributed by atoms with Gasteiger partial charge in [-0.3, -0.25) is 9.59 Å². The number of carbonyl (C=O) groups is 2. The van der Waals surface area contributed by atoms with E-state index in [9.17, 15) is 14.0 Å². The van der Waals surface area contributed by atoms with Gasteiger partial charge in [-0.2, -0.15) is 0 Å². The molecule has 4 aromatic carbocycles. The Bertz CT molecular complexity index is 1720. The lowest BCUT2D eigenvalue weighted by Gasteiger charge is -2.32. The number of aromatic nitrogens is 3. The van der Waals surface area contributed by atoms with Crippen molar-refractivity contribution in [2.45, 2.75) is 19.1 Å². The van der Waals surface area contributed by atoms with Crippen molar-refractivity contribution in [3.8, 4) is 17.2 Å². The fourth-order valence-corrected chi connectivity index (χ4v) is 4.72. The summed E-state index contributed by atoms with van der Waals surface area (Å²) in [6, 6.07) is 23.9. The summed E-state index contributed by atoms with van der Waals surface area (Å²) in [5.74, 6) is 0.212. The van der Waals surface area contributed by atoms with E-state index in [2.05, 4.69) is 15.6 Å². The number of halogens is 1. The van der Waals surface area contributed by atoms with Crippen LogP contribution >= 0.6 is 0 Å². The van der Waals surface area contributed by atoms with Crippen molar-refractivity contribution >= 4 is 28.5 Å². The molecular weight excluding hydrogens is 553 g/mol. The Hall–Kier alpha value is -5.45. The van der Waals surface area contributed by atoms with E-state index < -0.39 is 23.7 Å². The van der Waals surface area contributed by atoms with E-state index in [0.717, 1.165) is 0 Å². The molecule has 1 N–H and O–H groups in total. The van der Waals surface area contributed by atoms with Crippen LogP contribution in [0.3, 0.4) is 0 Å². The summed E-state index contributed by atoms with van der Waals surface area (Å²) < 4.78 is 31.4. The van der Waals surface area contributed by atoms with Gasteiger partial charge in [-0.15, -0.1) is 5.10 Å². The SMILES string of the molecule is COc1ccc(C(C(=O)Nc2ccc(OC)cc2OC)N(Cc2ccc(F)cc2)C(=O)Cn2nnc3ccccc32)cc1. The molecule has 0 fully saturated rings. The number of rotatable bonds is 11. The largest absolute Gasteiger partial charge is 0.497 e. The highest BCUT2D eigenvalue weighted by Crippen LogP contribution is 2.32. The van der Waals surface area contributed by atoms with Crippen LogP contribution in [-0.4, -0.2) is 53.0 Å². The molecule has 5 rings (SSSR count). The first-order chi connectivity index (χ1) is 20.9. The summed E-state index contributed by atoms with van der Waals surface area (Å²) in [6.07, 6.45) is 0. The van der Waals surface area contributed by atoms with Gasteiger partial charge in [0.05, 0.1) is 32.5 Å². The van der Waals surface area contributed by atoms with Crippen molar-refractivity contribution in [1.82, 2.24) is 19.9 Å². The van der Waals surface area contributed by atoms with Gasteiger partial charge >= 0.3 is 0 Å². The summed E-state index contributed by atoms with van der Waals surface area (Å²) in [7, 11) is 4.56. The number of methoxy groups -OCH3 is 3. The highest BCUT2D eigenvalue weighted by atomic mass is 19.1. The van der Waals surface area contributed by atoms with E-state index in [1.54, 1.807) is 67.8 Å².